The first-order valence-electron chi connectivity index (χ1n) is 12.9. The maximum atomic E-state index is 11.7. The number of methoxy groups -OCH3 is 1. The molecule has 0 radical (unpaired) electrons. The van der Waals surface area contributed by atoms with Gasteiger partial charge in [0, 0.05) is 44.0 Å². The minimum atomic E-state index is 0.155. The van der Waals surface area contributed by atoms with Crippen molar-refractivity contribution < 1.29 is 9.53 Å². The number of aromatic nitrogens is 2. The predicted octanol–water partition coefficient (Wildman–Crippen LogP) is 6.17. The molecule has 1 aliphatic heterocycles. The number of hydrogen-bond donors (Lipinski definition) is 2. The van der Waals surface area contributed by atoms with E-state index in [2.05, 4.69) is 51.8 Å². The molecule has 1 aliphatic carbocycles. The number of thiophene rings is 1. The number of nitrogens with one attached hydrogen (secondary N) is 2. The number of carbonyl (C=O) groups excluding carboxylic acids is 1. The van der Waals surface area contributed by atoms with Crippen LogP contribution in [-0.4, -0.2) is 48.1 Å². The number of rotatable bonds is 9. The van der Waals surface area contributed by atoms with Crippen LogP contribution < -0.4 is 15.5 Å². The highest BCUT2D eigenvalue weighted by molar-refractivity contribution is 7.17. The van der Waals surface area contributed by atoms with Crippen LogP contribution in [0.3, 0.4) is 0 Å². The fourth-order valence-electron chi connectivity index (χ4n) is 5.32. The van der Waals surface area contributed by atoms with Gasteiger partial charge < -0.3 is 20.3 Å². The Morgan fingerprint density at radius 1 is 1.11 bits per heavy atom. The Balaban J connectivity index is 1.23. The van der Waals surface area contributed by atoms with Gasteiger partial charge in [0.1, 0.15) is 5.82 Å². The average Bonchev–Trinajstić information content (AvgIpc) is 3.39. The summed E-state index contributed by atoms with van der Waals surface area (Å²) in [5, 5.41) is 9.15. The monoisotopic (exact) mass is 505 g/mol. The molecule has 1 saturated carbocycles. The maximum Gasteiger partial charge on any atom is 0.229 e. The van der Waals surface area contributed by atoms with Crippen LogP contribution in [-0.2, 0) is 9.53 Å². The number of fused-ring (bicyclic) bond motifs is 1. The highest BCUT2D eigenvalue weighted by Gasteiger charge is 2.24. The van der Waals surface area contributed by atoms with Crippen molar-refractivity contribution in [3.05, 3.63) is 48.4 Å². The molecule has 1 saturated heterocycles. The third-order valence-electron chi connectivity index (χ3n) is 7.47. The van der Waals surface area contributed by atoms with Crippen molar-refractivity contribution in [2.24, 2.45) is 5.92 Å². The predicted molar refractivity (Wildman–Crippen MR) is 149 cm³/mol. The number of allylic oxidation sites excluding steroid dienone is 1. The van der Waals surface area contributed by atoms with E-state index >= 15 is 0 Å². The minimum Gasteiger partial charge on any atom is -0.381 e. The summed E-state index contributed by atoms with van der Waals surface area (Å²) in [7, 11) is 1.80. The number of benzene rings is 1. The van der Waals surface area contributed by atoms with Gasteiger partial charge in [-0.1, -0.05) is 6.58 Å². The third kappa shape index (κ3) is 5.87. The zero-order chi connectivity index (χ0) is 24.9. The van der Waals surface area contributed by atoms with Gasteiger partial charge in [-0.25, -0.2) is 4.98 Å². The van der Waals surface area contributed by atoms with E-state index in [0.717, 1.165) is 73.3 Å². The lowest BCUT2D eigenvalue weighted by Gasteiger charge is -2.33. The summed E-state index contributed by atoms with van der Waals surface area (Å²) in [5.74, 6) is 2.11. The molecule has 0 amide bonds. The van der Waals surface area contributed by atoms with Gasteiger partial charge in [-0.2, -0.15) is 4.98 Å². The summed E-state index contributed by atoms with van der Waals surface area (Å²) >= 11 is 1.66. The van der Waals surface area contributed by atoms with E-state index < -0.39 is 0 Å². The molecule has 0 unspecified atom stereocenters. The summed E-state index contributed by atoms with van der Waals surface area (Å²) in [4.78, 5) is 23.7. The van der Waals surface area contributed by atoms with Crippen LogP contribution in [0.4, 0.5) is 23.1 Å². The van der Waals surface area contributed by atoms with Gasteiger partial charge in [0.05, 0.1) is 16.3 Å². The lowest BCUT2D eigenvalue weighted by molar-refractivity contribution is -0.115. The van der Waals surface area contributed by atoms with Crippen molar-refractivity contribution in [2.45, 2.75) is 57.1 Å². The van der Waals surface area contributed by atoms with Crippen LogP contribution in [0, 0.1) is 5.92 Å². The van der Waals surface area contributed by atoms with E-state index in [0.29, 0.717) is 30.4 Å². The SMILES string of the molecule is C=CC(=O)CC1CCC(Nc2nc(Nc3ccc(N4CCC(OC)CC4)cc3)nc3ccsc23)CC1. The number of ketones is 1. The summed E-state index contributed by atoms with van der Waals surface area (Å²) in [6.45, 7) is 5.64. The molecule has 2 N–H and O–H groups in total. The third-order valence-corrected chi connectivity index (χ3v) is 8.38. The lowest BCUT2D eigenvalue weighted by atomic mass is 9.83. The van der Waals surface area contributed by atoms with E-state index in [1.807, 2.05) is 6.07 Å². The normalized spacial score (nSPS) is 20.9. The van der Waals surface area contributed by atoms with Crippen LogP contribution in [0.5, 0.6) is 0 Å². The quantitative estimate of drug-likeness (QED) is 0.337. The Bertz CT molecular complexity index is 1180. The molecule has 2 fully saturated rings. The molecule has 7 nitrogen and oxygen atoms in total. The Kier molecular flexibility index (Phi) is 7.82. The molecule has 3 heterocycles. The number of anilines is 4. The van der Waals surface area contributed by atoms with Crippen molar-refractivity contribution in [3.63, 3.8) is 0 Å². The zero-order valence-electron chi connectivity index (χ0n) is 20.9. The topological polar surface area (TPSA) is 79.4 Å². The average molecular weight is 506 g/mol. The first-order chi connectivity index (χ1) is 17.6. The maximum absolute atomic E-state index is 11.7. The number of piperidine rings is 1. The van der Waals surface area contributed by atoms with Crippen LogP contribution in [0.15, 0.2) is 48.4 Å². The molecular weight excluding hydrogens is 470 g/mol. The molecule has 0 atom stereocenters. The van der Waals surface area contributed by atoms with Crippen molar-refractivity contribution in [3.8, 4) is 0 Å². The molecule has 36 heavy (non-hydrogen) atoms. The largest absolute Gasteiger partial charge is 0.381 e. The highest BCUT2D eigenvalue weighted by Crippen LogP contribution is 2.33. The second-order valence-electron chi connectivity index (χ2n) is 9.86. The Labute approximate surface area is 217 Å². The number of nitrogens with zero attached hydrogens (tertiary/aromatic N) is 3. The van der Waals surface area contributed by atoms with E-state index in [1.165, 1.54) is 11.8 Å². The van der Waals surface area contributed by atoms with Crippen LogP contribution in [0.1, 0.15) is 44.9 Å². The molecule has 3 aromatic rings. The molecule has 5 rings (SSSR count). The fraction of sp³-hybridized carbons (Fsp3) is 0.464. The Morgan fingerprint density at radius 2 is 1.86 bits per heavy atom. The standard InChI is InChI=1S/C28H35N5O2S/c1-3-23(34)18-19-4-6-20(7-5-19)29-27-26-25(14-17-36-26)31-28(32-27)30-21-8-10-22(11-9-21)33-15-12-24(35-2)13-16-33/h3,8-11,14,17,19-20,24H,1,4-7,12-13,15-16,18H2,2H3,(H2,29,30,31,32). The van der Waals surface area contributed by atoms with E-state index in [1.54, 1.807) is 18.4 Å². The molecule has 8 heteroatoms. The summed E-state index contributed by atoms with van der Waals surface area (Å²) < 4.78 is 6.58. The Hall–Kier alpha value is -2.97. The van der Waals surface area contributed by atoms with Gasteiger partial charge in [0.25, 0.3) is 0 Å². The fourth-order valence-corrected chi connectivity index (χ4v) is 6.11. The second kappa shape index (κ2) is 11.4. The van der Waals surface area contributed by atoms with Crippen molar-refractivity contribution in [1.82, 2.24) is 9.97 Å². The summed E-state index contributed by atoms with van der Waals surface area (Å²) in [6.07, 6.45) is 8.77. The minimum absolute atomic E-state index is 0.155. The molecular formula is C28H35N5O2S. The summed E-state index contributed by atoms with van der Waals surface area (Å²) in [6, 6.07) is 10.9. The molecule has 2 aromatic heterocycles. The van der Waals surface area contributed by atoms with Gasteiger partial charge in [-0.05, 0) is 86.2 Å². The van der Waals surface area contributed by atoms with Crippen molar-refractivity contribution in [1.29, 1.82) is 0 Å². The second-order valence-corrected chi connectivity index (χ2v) is 10.8. The zero-order valence-corrected chi connectivity index (χ0v) is 21.7. The van der Waals surface area contributed by atoms with Gasteiger partial charge in [-0.3, -0.25) is 4.79 Å². The first kappa shape index (κ1) is 24.7. The smallest absolute Gasteiger partial charge is 0.229 e. The van der Waals surface area contributed by atoms with Gasteiger partial charge in [0.2, 0.25) is 5.95 Å². The molecule has 0 bridgehead atoms. The van der Waals surface area contributed by atoms with E-state index in [9.17, 15) is 4.79 Å². The van der Waals surface area contributed by atoms with Crippen LogP contribution >= 0.6 is 11.3 Å². The molecule has 0 spiro atoms. The van der Waals surface area contributed by atoms with Gasteiger partial charge in [0.15, 0.2) is 5.78 Å². The molecule has 2 aliphatic rings. The first-order valence-corrected chi connectivity index (χ1v) is 13.8. The van der Waals surface area contributed by atoms with Crippen LogP contribution in [0.2, 0.25) is 0 Å². The van der Waals surface area contributed by atoms with Gasteiger partial charge >= 0.3 is 0 Å². The Morgan fingerprint density at radius 3 is 2.56 bits per heavy atom. The van der Waals surface area contributed by atoms with E-state index in [-0.39, 0.29) is 5.78 Å². The lowest BCUT2D eigenvalue weighted by Crippen LogP contribution is -2.36. The highest BCUT2D eigenvalue weighted by atomic mass is 32.1. The van der Waals surface area contributed by atoms with E-state index in [4.69, 9.17) is 14.7 Å². The number of carbonyl (C=O) groups is 1. The molecule has 190 valence electrons. The van der Waals surface area contributed by atoms with Crippen molar-refractivity contribution in [2.75, 3.05) is 35.7 Å². The summed E-state index contributed by atoms with van der Waals surface area (Å²) in [5.41, 5.74) is 3.15. The van der Waals surface area contributed by atoms with Crippen molar-refractivity contribution >= 4 is 50.5 Å². The van der Waals surface area contributed by atoms with Gasteiger partial charge in [-0.15, -0.1) is 11.3 Å². The molecule has 1 aromatic carbocycles. The number of ether oxygens (including phenoxy) is 1. The number of hydrogen-bond acceptors (Lipinski definition) is 8. The van der Waals surface area contributed by atoms with Crippen LogP contribution in [0.25, 0.3) is 10.2 Å².